The van der Waals surface area contributed by atoms with Gasteiger partial charge in [-0.2, -0.15) is 0 Å². The molecular formula is C15H18N4. The normalized spacial score (nSPS) is 16.1. The van der Waals surface area contributed by atoms with Gasteiger partial charge in [0.2, 0.25) is 0 Å². The zero-order valence-electron chi connectivity index (χ0n) is 11.0. The highest BCUT2D eigenvalue weighted by Crippen LogP contribution is 2.38. The molecule has 1 fully saturated rings. The van der Waals surface area contributed by atoms with E-state index in [1.54, 1.807) is 6.07 Å². The van der Waals surface area contributed by atoms with Crippen molar-refractivity contribution in [3.05, 3.63) is 47.8 Å². The van der Waals surface area contributed by atoms with Crippen LogP contribution in [0.15, 0.2) is 36.4 Å². The summed E-state index contributed by atoms with van der Waals surface area (Å²) in [6, 6.07) is 12.3. The molecule has 1 aromatic heterocycles. The Morgan fingerprint density at radius 3 is 2.63 bits per heavy atom. The average molecular weight is 254 g/mol. The monoisotopic (exact) mass is 254 g/mol. The van der Waals surface area contributed by atoms with Crippen molar-refractivity contribution in [2.45, 2.75) is 31.7 Å². The highest BCUT2D eigenvalue weighted by Gasteiger charge is 2.27. The third-order valence-electron chi connectivity index (χ3n) is 3.37. The number of hydrogen-bond donors (Lipinski definition) is 2. The van der Waals surface area contributed by atoms with Crippen molar-refractivity contribution in [2.24, 2.45) is 0 Å². The Morgan fingerprint density at radius 2 is 1.95 bits per heavy atom. The molecule has 3 rings (SSSR count). The minimum absolute atomic E-state index is 0.197. The maximum Gasteiger partial charge on any atom is 0.136 e. The van der Waals surface area contributed by atoms with E-state index in [0.717, 1.165) is 11.6 Å². The van der Waals surface area contributed by atoms with Gasteiger partial charge in [-0.05, 0) is 25.3 Å². The number of anilines is 2. The molecule has 2 aromatic rings. The van der Waals surface area contributed by atoms with Crippen LogP contribution in [0.5, 0.6) is 0 Å². The van der Waals surface area contributed by atoms with E-state index in [2.05, 4.69) is 34.3 Å². The fourth-order valence-corrected chi connectivity index (χ4v) is 2.13. The van der Waals surface area contributed by atoms with E-state index < -0.39 is 0 Å². The summed E-state index contributed by atoms with van der Waals surface area (Å²) in [5.74, 6) is 2.74. The van der Waals surface area contributed by atoms with Crippen LogP contribution < -0.4 is 11.1 Å². The molecule has 1 aliphatic carbocycles. The largest absolute Gasteiger partial charge is 0.384 e. The Labute approximate surface area is 113 Å². The van der Waals surface area contributed by atoms with Gasteiger partial charge in [0, 0.05) is 18.0 Å². The molecule has 4 heteroatoms. The molecule has 1 saturated carbocycles. The van der Waals surface area contributed by atoms with Crippen LogP contribution in [0.25, 0.3) is 0 Å². The van der Waals surface area contributed by atoms with Crippen molar-refractivity contribution >= 4 is 11.6 Å². The molecule has 19 heavy (non-hydrogen) atoms. The topological polar surface area (TPSA) is 63.8 Å². The van der Waals surface area contributed by atoms with Crippen LogP contribution in [-0.4, -0.2) is 9.97 Å². The fraction of sp³-hybridized carbons (Fsp3) is 0.333. The third-order valence-corrected chi connectivity index (χ3v) is 3.37. The summed E-state index contributed by atoms with van der Waals surface area (Å²) in [6.45, 7) is 2.12. The summed E-state index contributed by atoms with van der Waals surface area (Å²) in [6.07, 6.45) is 2.36. The number of nitrogens with zero attached hydrogens (tertiary/aromatic N) is 2. The minimum atomic E-state index is 0.197. The van der Waals surface area contributed by atoms with Gasteiger partial charge in [0.15, 0.2) is 0 Å². The molecule has 1 aliphatic rings. The van der Waals surface area contributed by atoms with E-state index in [4.69, 9.17) is 5.73 Å². The molecule has 1 unspecified atom stereocenters. The van der Waals surface area contributed by atoms with Crippen LogP contribution in [0.2, 0.25) is 0 Å². The first kappa shape index (κ1) is 12.0. The van der Waals surface area contributed by atoms with E-state index in [0.29, 0.717) is 11.7 Å². The Bertz CT molecular complexity index is 564. The molecular weight excluding hydrogens is 236 g/mol. The molecule has 98 valence electrons. The van der Waals surface area contributed by atoms with E-state index in [1.807, 2.05) is 18.2 Å². The lowest BCUT2D eigenvalue weighted by molar-refractivity contribution is 0.856. The van der Waals surface area contributed by atoms with Gasteiger partial charge in [-0.3, -0.25) is 0 Å². The lowest BCUT2D eigenvalue weighted by atomic mass is 10.1. The minimum Gasteiger partial charge on any atom is -0.384 e. The highest BCUT2D eigenvalue weighted by atomic mass is 15.1. The smallest absolute Gasteiger partial charge is 0.136 e. The van der Waals surface area contributed by atoms with Crippen molar-refractivity contribution in [3.8, 4) is 0 Å². The fourth-order valence-electron chi connectivity index (χ4n) is 2.13. The molecule has 0 radical (unpaired) electrons. The third kappa shape index (κ3) is 2.84. The second-order valence-electron chi connectivity index (χ2n) is 5.09. The quantitative estimate of drug-likeness (QED) is 0.880. The van der Waals surface area contributed by atoms with Crippen LogP contribution >= 0.6 is 0 Å². The first-order valence-electron chi connectivity index (χ1n) is 6.68. The first-order valence-corrected chi connectivity index (χ1v) is 6.68. The maximum absolute atomic E-state index is 5.85. The summed E-state index contributed by atoms with van der Waals surface area (Å²) in [7, 11) is 0. The number of aromatic nitrogens is 2. The van der Waals surface area contributed by atoms with Crippen molar-refractivity contribution in [2.75, 3.05) is 11.1 Å². The highest BCUT2D eigenvalue weighted by molar-refractivity contribution is 5.47. The van der Waals surface area contributed by atoms with Crippen molar-refractivity contribution in [3.63, 3.8) is 0 Å². The number of nitrogens with one attached hydrogen (secondary N) is 1. The van der Waals surface area contributed by atoms with Crippen molar-refractivity contribution < 1.29 is 0 Å². The number of rotatable bonds is 4. The lowest BCUT2D eigenvalue weighted by Crippen LogP contribution is -2.10. The summed E-state index contributed by atoms with van der Waals surface area (Å²) in [5.41, 5.74) is 7.08. The molecule has 0 bridgehead atoms. The molecule has 4 nitrogen and oxygen atoms in total. The summed E-state index contributed by atoms with van der Waals surface area (Å²) in [5, 5.41) is 3.39. The second kappa shape index (κ2) is 4.88. The van der Waals surface area contributed by atoms with Crippen LogP contribution in [0, 0.1) is 0 Å². The second-order valence-corrected chi connectivity index (χ2v) is 5.09. The maximum atomic E-state index is 5.85. The van der Waals surface area contributed by atoms with E-state index in [9.17, 15) is 0 Å². The van der Waals surface area contributed by atoms with Gasteiger partial charge in [0.1, 0.15) is 17.5 Å². The predicted octanol–water partition coefficient (Wildman–Crippen LogP) is 3.11. The van der Waals surface area contributed by atoms with Crippen molar-refractivity contribution in [1.29, 1.82) is 0 Å². The summed E-state index contributed by atoms with van der Waals surface area (Å²) < 4.78 is 0. The van der Waals surface area contributed by atoms with Gasteiger partial charge in [-0.25, -0.2) is 9.97 Å². The van der Waals surface area contributed by atoms with Crippen LogP contribution in [0.3, 0.4) is 0 Å². The molecule has 1 aromatic carbocycles. The van der Waals surface area contributed by atoms with E-state index >= 15 is 0 Å². The summed E-state index contributed by atoms with van der Waals surface area (Å²) in [4.78, 5) is 8.86. The zero-order valence-corrected chi connectivity index (χ0v) is 11.0. The summed E-state index contributed by atoms with van der Waals surface area (Å²) >= 11 is 0. The molecule has 3 N–H and O–H groups in total. The number of nitrogen functional groups attached to an aromatic ring is 1. The Kier molecular flexibility index (Phi) is 3.07. The number of hydrogen-bond acceptors (Lipinski definition) is 4. The number of nitrogens with two attached hydrogens (primary N) is 1. The molecule has 0 spiro atoms. The van der Waals surface area contributed by atoms with Gasteiger partial charge in [-0.15, -0.1) is 0 Å². The standard InChI is InChI=1S/C15H18N4/c1-10(11-5-3-2-4-6-11)17-14-9-13(16)18-15(19-14)12-7-8-12/h2-6,9-10,12H,7-8H2,1H3,(H3,16,17,18,19). The first-order chi connectivity index (χ1) is 9.22. The van der Waals surface area contributed by atoms with E-state index in [-0.39, 0.29) is 6.04 Å². The molecule has 0 saturated heterocycles. The predicted molar refractivity (Wildman–Crippen MR) is 76.9 cm³/mol. The Morgan fingerprint density at radius 1 is 1.21 bits per heavy atom. The van der Waals surface area contributed by atoms with Crippen LogP contribution in [-0.2, 0) is 0 Å². The molecule has 1 heterocycles. The van der Waals surface area contributed by atoms with Gasteiger partial charge in [-0.1, -0.05) is 30.3 Å². The Balaban J connectivity index is 1.79. The van der Waals surface area contributed by atoms with Gasteiger partial charge < -0.3 is 11.1 Å². The number of benzene rings is 1. The molecule has 0 amide bonds. The van der Waals surface area contributed by atoms with Crippen LogP contribution in [0.4, 0.5) is 11.6 Å². The SMILES string of the molecule is CC(Nc1cc(N)nc(C2CC2)n1)c1ccccc1. The molecule has 1 atom stereocenters. The van der Waals surface area contributed by atoms with Gasteiger partial charge in [0.05, 0.1) is 0 Å². The van der Waals surface area contributed by atoms with Crippen molar-refractivity contribution in [1.82, 2.24) is 9.97 Å². The van der Waals surface area contributed by atoms with Crippen LogP contribution in [0.1, 0.15) is 43.1 Å². The van der Waals surface area contributed by atoms with E-state index in [1.165, 1.54) is 18.4 Å². The van der Waals surface area contributed by atoms with Gasteiger partial charge in [0.25, 0.3) is 0 Å². The average Bonchev–Trinajstić information content (AvgIpc) is 3.23. The molecule has 0 aliphatic heterocycles. The lowest BCUT2D eigenvalue weighted by Gasteiger charge is -2.15. The zero-order chi connectivity index (χ0) is 13.2. The Hall–Kier alpha value is -2.10. The van der Waals surface area contributed by atoms with Gasteiger partial charge >= 0.3 is 0 Å².